The van der Waals surface area contributed by atoms with Crippen LogP contribution < -0.4 is 0 Å². The van der Waals surface area contributed by atoms with Gasteiger partial charge in [0.1, 0.15) is 5.82 Å². The summed E-state index contributed by atoms with van der Waals surface area (Å²) in [6.07, 6.45) is 0. The normalized spacial score (nSPS) is 10.5. The van der Waals surface area contributed by atoms with Crippen molar-refractivity contribution in [3.05, 3.63) is 58.4 Å². The Labute approximate surface area is 99.7 Å². The maximum absolute atomic E-state index is 13.2. The van der Waals surface area contributed by atoms with Crippen molar-refractivity contribution in [1.82, 2.24) is 0 Å². The Morgan fingerprint density at radius 1 is 0.938 bits per heavy atom. The highest BCUT2D eigenvalue weighted by Gasteiger charge is 2.05. The Kier molecular flexibility index (Phi) is 2.97. The average Bonchev–Trinajstić information content (AvgIpc) is 2.26. The zero-order valence-corrected chi connectivity index (χ0v) is 9.98. The van der Waals surface area contributed by atoms with Crippen molar-refractivity contribution < 1.29 is 4.39 Å². The highest BCUT2D eigenvalue weighted by Crippen LogP contribution is 2.27. The molecule has 0 radical (unpaired) electrons. The molecule has 2 rings (SSSR count). The summed E-state index contributed by atoms with van der Waals surface area (Å²) >= 11 is 5.96. The van der Waals surface area contributed by atoms with E-state index in [4.69, 9.17) is 11.6 Å². The van der Waals surface area contributed by atoms with Crippen LogP contribution in [0.25, 0.3) is 11.1 Å². The van der Waals surface area contributed by atoms with E-state index in [2.05, 4.69) is 0 Å². The van der Waals surface area contributed by atoms with Crippen molar-refractivity contribution >= 4 is 11.6 Å². The topological polar surface area (TPSA) is 0 Å². The van der Waals surface area contributed by atoms with Crippen molar-refractivity contribution in [1.29, 1.82) is 0 Å². The van der Waals surface area contributed by atoms with Crippen molar-refractivity contribution in [2.45, 2.75) is 13.8 Å². The lowest BCUT2D eigenvalue weighted by Gasteiger charge is -2.08. The molecular weight excluding hydrogens is 223 g/mol. The average molecular weight is 235 g/mol. The van der Waals surface area contributed by atoms with E-state index in [1.54, 1.807) is 13.0 Å². The van der Waals surface area contributed by atoms with Crippen LogP contribution in [0.5, 0.6) is 0 Å². The van der Waals surface area contributed by atoms with E-state index in [-0.39, 0.29) is 5.82 Å². The van der Waals surface area contributed by atoms with Gasteiger partial charge in [-0.15, -0.1) is 0 Å². The molecule has 0 fully saturated rings. The van der Waals surface area contributed by atoms with E-state index in [1.807, 2.05) is 31.2 Å². The molecule has 0 atom stereocenters. The molecule has 0 aliphatic carbocycles. The van der Waals surface area contributed by atoms with Gasteiger partial charge in [-0.1, -0.05) is 23.7 Å². The molecule has 0 saturated carbocycles. The Morgan fingerprint density at radius 3 is 2.38 bits per heavy atom. The number of benzene rings is 2. The van der Waals surface area contributed by atoms with Crippen molar-refractivity contribution in [3.8, 4) is 11.1 Å². The van der Waals surface area contributed by atoms with E-state index in [0.29, 0.717) is 10.6 Å². The predicted molar refractivity (Wildman–Crippen MR) is 66.3 cm³/mol. The number of aryl methyl sites for hydroxylation is 2. The maximum atomic E-state index is 13.2. The fraction of sp³-hybridized carbons (Fsp3) is 0.143. The Hall–Kier alpha value is -1.34. The Morgan fingerprint density at radius 2 is 1.69 bits per heavy atom. The van der Waals surface area contributed by atoms with Crippen molar-refractivity contribution in [3.63, 3.8) is 0 Å². The van der Waals surface area contributed by atoms with Gasteiger partial charge in [0.15, 0.2) is 0 Å². The summed E-state index contributed by atoms with van der Waals surface area (Å²) < 4.78 is 13.2. The first-order valence-corrected chi connectivity index (χ1v) is 5.48. The molecule has 2 aromatic carbocycles. The molecule has 0 aromatic heterocycles. The highest BCUT2D eigenvalue weighted by atomic mass is 35.5. The van der Waals surface area contributed by atoms with Crippen LogP contribution in [0.4, 0.5) is 4.39 Å². The van der Waals surface area contributed by atoms with Gasteiger partial charge in [0.05, 0.1) is 0 Å². The second-order valence-electron chi connectivity index (χ2n) is 3.92. The van der Waals surface area contributed by atoms with Gasteiger partial charge in [0.25, 0.3) is 0 Å². The summed E-state index contributed by atoms with van der Waals surface area (Å²) in [5.74, 6) is -0.177. The van der Waals surface area contributed by atoms with Crippen LogP contribution in [0.15, 0.2) is 36.4 Å². The number of halogens is 2. The standard InChI is InChI=1S/C14H12ClF/c1-9-3-5-12(15)8-13(9)11-4-6-14(16)10(2)7-11/h3-8H,1-2H3. The van der Waals surface area contributed by atoms with Crippen molar-refractivity contribution in [2.24, 2.45) is 0 Å². The van der Waals surface area contributed by atoms with Gasteiger partial charge < -0.3 is 0 Å². The largest absolute Gasteiger partial charge is 0.207 e. The molecule has 0 N–H and O–H groups in total. The number of hydrogen-bond acceptors (Lipinski definition) is 0. The minimum absolute atomic E-state index is 0.177. The summed E-state index contributed by atoms with van der Waals surface area (Å²) in [6.45, 7) is 3.78. The molecule has 0 spiro atoms. The van der Waals surface area contributed by atoms with Crippen LogP contribution in [-0.4, -0.2) is 0 Å². The monoisotopic (exact) mass is 234 g/mol. The van der Waals surface area contributed by atoms with Crippen LogP contribution in [0, 0.1) is 19.7 Å². The molecule has 82 valence electrons. The first-order valence-electron chi connectivity index (χ1n) is 5.10. The quantitative estimate of drug-likeness (QED) is 0.667. The predicted octanol–water partition coefficient (Wildman–Crippen LogP) is 4.76. The Bertz CT molecular complexity index is 532. The number of hydrogen-bond donors (Lipinski definition) is 0. The van der Waals surface area contributed by atoms with Gasteiger partial charge in [-0.2, -0.15) is 0 Å². The van der Waals surface area contributed by atoms with Crippen LogP contribution in [0.1, 0.15) is 11.1 Å². The lowest BCUT2D eigenvalue weighted by molar-refractivity contribution is 0.619. The van der Waals surface area contributed by atoms with Crippen molar-refractivity contribution in [2.75, 3.05) is 0 Å². The fourth-order valence-electron chi connectivity index (χ4n) is 1.72. The summed E-state index contributed by atoms with van der Waals surface area (Å²) in [5.41, 5.74) is 3.83. The van der Waals surface area contributed by atoms with E-state index < -0.39 is 0 Å². The second-order valence-corrected chi connectivity index (χ2v) is 4.36. The van der Waals surface area contributed by atoms with Gasteiger partial charge in [0, 0.05) is 5.02 Å². The SMILES string of the molecule is Cc1cc(-c2cc(Cl)ccc2C)ccc1F. The third kappa shape index (κ3) is 2.10. The molecule has 0 nitrogen and oxygen atoms in total. The first-order chi connectivity index (χ1) is 7.58. The summed E-state index contributed by atoms with van der Waals surface area (Å²) in [6, 6.07) is 10.8. The minimum atomic E-state index is -0.177. The first kappa shape index (κ1) is 11.2. The lowest BCUT2D eigenvalue weighted by Crippen LogP contribution is -1.87. The number of rotatable bonds is 1. The lowest BCUT2D eigenvalue weighted by atomic mass is 9.99. The molecule has 16 heavy (non-hydrogen) atoms. The van der Waals surface area contributed by atoms with E-state index in [9.17, 15) is 4.39 Å². The molecule has 0 saturated heterocycles. The van der Waals surface area contributed by atoms with Gasteiger partial charge in [-0.3, -0.25) is 0 Å². The summed E-state index contributed by atoms with van der Waals surface area (Å²) in [7, 11) is 0. The molecule has 0 heterocycles. The van der Waals surface area contributed by atoms with E-state index >= 15 is 0 Å². The molecule has 0 aliphatic rings. The fourth-order valence-corrected chi connectivity index (χ4v) is 1.89. The second kappa shape index (κ2) is 4.26. The smallest absolute Gasteiger partial charge is 0.126 e. The zero-order valence-electron chi connectivity index (χ0n) is 9.22. The minimum Gasteiger partial charge on any atom is -0.207 e. The van der Waals surface area contributed by atoms with Gasteiger partial charge in [0.2, 0.25) is 0 Å². The maximum Gasteiger partial charge on any atom is 0.126 e. The molecule has 0 aliphatic heterocycles. The third-order valence-electron chi connectivity index (χ3n) is 2.67. The van der Waals surface area contributed by atoms with Crippen LogP contribution in [-0.2, 0) is 0 Å². The Balaban J connectivity index is 2.58. The van der Waals surface area contributed by atoms with Crippen LogP contribution in [0.3, 0.4) is 0 Å². The van der Waals surface area contributed by atoms with E-state index in [1.165, 1.54) is 6.07 Å². The van der Waals surface area contributed by atoms with E-state index in [0.717, 1.165) is 16.7 Å². The molecule has 0 bridgehead atoms. The van der Waals surface area contributed by atoms with Crippen LogP contribution >= 0.6 is 11.6 Å². The van der Waals surface area contributed by atoms with Gasteiger partial charge >= 0.3 is 0 Å². The summed E-state index contributed by atoms with van der Waals surface area (Å²) in [4.78, 5) is 0. The molecule has 0 amide bonds. The highest BCUT2D eigenvalue weighted by molar-refractivity contribution is 6.30. The molecule has 2 heteroatoms. The zero-order chi connectivity index (χ0) is 11.7. The van der Waals surface area contributed by atoms with Gasteiger partial charge in [-0.25, -0.2) is 4.39 Å². The van der Waals surface area contributed by atoms with Crippen LogP contribution in [0.2, 0.25) is 5.02 Å². The summed E-state index contributed by atoms with van der Waals surface area (Å²) in [5, 5.41) is 0.697. The van der Waals surface area contributed by atoms with Gasteiger partial charge in [-0.05, 0) is 60.4 Å². The molecule has 2 aromatic rings. The molecule has 0 unspecified atom stereocenters. The third-order valence-corrected chi connectivity index (χ3v) is 2.90. The molecular formula is C14H12ClF.